The molecule has 0 radical (unpaired) electrons. The predicted molar refractivity (Wildman–Crippen MR) is 130 cm³/mol. The van der Waals surface area contributed by atoms with Crippen LogP contribution in [0.25, 0.3) is 11.3 Å². The first-order valence-corrected chi connectivity index (χ1v) is 13.6. The predicted octanol–water partition coefficient (Wildman–Crippen LogP) is 4.07. The van der Waals surface area contributed by atoms with Crippen LogP contribution in [0.5, 0.6) is 11.5 Å². The third-order valence-electron chi connectivity index (χ3n) is 6.47. The lowest BCUT2D eigenvalue weighted by atomic mass is 10.0. The third kappa shape index (κ3) is 5.05. The summed E-state index contributed by atoms with van der Waals surface area (Å²) < 4.78 is 41.1. The first kappa shape index (κ1) is 23.4. The maximum absolute atomic E-state index is 13.6. The Labute approximate surface area is 204 Å². The number of sulfone groups is 1. The Kier molecular flexibility index (Phi) is 6.27. The fourth-order valence-electron chi connectivity index (χ4n) is 4.45. The fourth-order valence-corrected chi connectivity index (χ4v) is 6.18. The molecule has 0 spiro atoms. The number of fused-ring (bicyclic) bond motifs is 1. The summed E-state index contributed by atoms with van der Waals surface area (Å²) in [7, 11) is -3.18. The quantitative estimate of drug-likeness (QED) is 0.507. The van der Waals surface area contributed by atoms with Crippen molar-refractivity contribution in [1.82, 2.24) is 10.1 Å². The van der Waals surface area contributed by atoms with Crippen molar-refractivity contribution >= 4 is 15.7 Å². The second-order valence-electron chi connectivity index (χ2n) is 9.32. The van der Waals surface area contributed by atoms with Gasteiger partial charge in [-0.2, -0.15) is 0 Å². The number of rotatable bonds is 6. The van der Waals surface area contributed by atoms with Crippen molar-refractivity contribution < 1.29 is 27.2 Å². The molecule has 9 heteroatoms. The van der Waals surface area contributed by atoms with Crippen LogP contribution in [0.2, 0.25) is 0 Å². The summed E-state index contributed by atoms with van der Waals surface area (Å²) in [5.74, 6) is 1.77. The molecule has 1 saturated heterocycles. The fraction of sp³-hybridized carbons (Fsp3) is 0.385. The summed E-state index contributed by atoms with van der Waals surface area (Å²) in [6.45, 7) is 5.51. The van der Waals surface area contributed by atoms with E-state index in [1.54, 1.807) is 23.1 Å². The first-order valence-electron chi connectivity index (χ1n) is 11.8. The molecule has 8 nitrogen and oxygen atoms in total. The number of nitrogens with zero attached hydrogens (tertiary/aromatic N) is 2. The van der Waals surface area contributed by atoms with E-state index < -0.39 is 15.9 Å². The van der Waals surface area contributed by atoms with Gasteiger partial charge in [-0.05, 0) is 41.7 Å². The molecule has 1 amide bonds. The van der Waals surface area contributed by atoms with Crippen LogP contribution in [0.3, 0.4) is 0 Å². The average molecular weight is 497 g/mol. The summed E-state index contributed by atoms with van der Waals surface area (Å²) in [6, 6.07) is 14.7. The molecule has 0 bridgehead atoms. The van der Waals surface area contributed by atoms with Gasteiger partial charge in [-0.3, -0.25) is 4.79 Å². The van der Waals surface area contributed by atoms with Crippen molar-refractivity contribution in [1.29, 1.82) is 0 Å². The minimum atomic E-state index is -3.18. The molecule has 35 heavy (non-hydrogen) atoms. The maximum Gasteiger partial charge on any atom is 0.276 e. The van der Waals surface area contributed by atoms with E-state index in [0.717, 1.165) is 5.56 Å². The van der Waals surface area contributed by atoms with E-state index in [4.69, 9.17) is 14.0 Å². The van der Waals surface area contributed by atoms with Gasteiger partial charge >= 0.3 is 0 Å². The van der Waals surface area contributed by atoms with Crippen molar-refractivity contribution in [3.05, 3.63) is 65.4 Å². The van der Waals surface area contributed by atoms with E-state index in [9.17, 15) is 13.2 Å². The number of hydrogen-bond acceptors (Lipinski definition) is 7. The molecule has 2 aromatic carbocycles. The largest absolute Gasteiger partial charge is 0.486 e. The molecule has 1 fully saturated rings. The van der Waals surface area contributed by atoms with E-state index in [2.05, 4.69) is 19.0 Å². The smallest absolute Gasteiger partial charge is 0.276 e. The van der Waals surface area contributed by atoms with Gasteiger partial charge in [0.25, 0.3) is 5.91 Å². The van der Waals surface area contributed by atoms with Gasteiger partial charge in [-0.25, -0.2) is 8.42 Å². The van der Waals surface area contributed by atoms with Gasteiger partial charge in [-0.1, -0.05) is 43.3 Å². The Morgan fingerprint density at radius 1 is 1.06 bits per heavy atom. The molecule has 0 N–H and O–H groups in total. The van der Waals surface area contributed by atoms with Crippen molar-refractivity contribution in [2.45, 2.75) is 38.8 Å². The van der Waals surface area contributed by atoms with Crippen LogP contribution in [-0.2, 0) is 16.4 Å². The molecule has 3 aromatic rings. The highest BCUT2D eigenvalue weighted by Gasteiger charge is 2.36. The minimum absolute atomic E-state index is 0.0459. The lowest BCUT2D eigenvalue weighted by Gasteiger charge is -2.27. The standard InChI is InChI=1S/C26H28N2O6S/c1-17(2)19-5-3-18(4-6-19)15-28(21-9-12-35(30,31)16-21)26(29)22-14-24(34-27-22)20-7-8-23-25(13-20)33-11-10-32-23/h3-8,13-14,17,21H,9-12,15-16H2,1-2H3/t21-/m1/s1. The number of benzene rings is 2. The van der Waals surface area contributed by atoms with Crippen molar-refractivity contribution in [2.75, 3.05) is 24.7 Å². The molecule has 0 unspecified atom stereocenters. The zero-order chi connectivity index (χ0) is 24.6. The number of hydrogen-bond donors (Lipinski definition) is 0. The second kappa shape index (κ2) is 9.37. The molecule has 3 heterocycles. The number of aromatic nitrogens is 1. The highest BCUT2D eigenvalue weighted by Crippen LogP contribution is 2.35. The number of ether oxygens (including phenoxy) is 2. The van der Waals surface area contributed by atoms with E-state index in [-0.39, 0.29) is 23.1 Å². The van der Waals surface area contributed by atoms with E-state index >= 15 is 0 Å². The summed E-state index contributed by atoms with van der Waals surface area (Å²) >= 11 is 0. The van der Waals surface area contributed by atoms with Crippen molar-refractivity contribution in [3.63, 3.8) is 0 Å². The normalized spacial score (nSPS) is 18.5. The van der Waals surface area contributed by atoms with Crippen LogP contribution < -0.4 is 9.47 Å². The summed E-state index contributed by atoms with van der Waals surface area (Å²) in [5.41, 5.74) is 2.98. The van der Waals surface area contributed by atoms with Crippen LogP contribution in [0, 0.1) is 0 Å². The van der Waals surface area contributed by atoms with Gasteiger partial charge in [-0.15, -0.1) is 0 Å². The first-order chi connectivity index (χ1) is 16.8. The van der Waals surface area contributed by atoms with Gasteiger partial charge in [0, 0.05) is 24.2 Å². The molecule has 1 atom stereocenters. The molecule has 2 aliphatic heterocycles. The summed E-state index contributed by atoms with van der Waals surface area (Å²) in [4.78, 5) is 15.2. The van der Waals surface area contributed by atoms with Gasteiger partial charge in [0.05, 0.1) is 11.5 Å². The zero-order valence-electron chi connectivity index (χ0n) is 19.8. The Bertz CT molecular complexity index is 1330. The monoisotopic (exact) mass is 496 g/mol. The summed E-state index contributed by atoms with van der Waals surface area (Å²) in [5, 5.41) is 4.02. The molecule has 184 valence electrons. The Balaban J connectivity index is 1.41. The van der Waals surface area contributed by atoms with E-state index in [1.165, 1.54) is 5.56 Å². The Morgan fingerprint density at radius 2 is 1.80 bits per heavy atom. The number of carbonyl (C=O) groups is 1. The molecule has 2 aliphatic rings. The van der Waals surface area contributed by atoms with Gasteiger partial charge in [0.15, 0.2) is 32.8 Å². The van der Waals surface area contributed by atoms with Crippen LogP contribution in [0.4, 0.5) is 0 Å². The van der Waals surface area contributed by atoms with Crippen LogP contribution in [0.15, 0.2) is 53.1 Å². The highest BCUT2D eigenvalue weighted by atomic mass is 32.2. The molecule has 0 aliphatic carbocycles. The molecular weight excluding hydrogens is 468 g/mol. The molecular formula is C26H28N2O6S. The van der Waals surface area contributed by atoms with Gasteiger partial charge < -0.3 is 18.9 Å². The van der Waals surface area contributed by atoms with Gasteiger partial charge in [0.2, 0.25) is 0 Å². The van der Waals surface area contributed by atoms with E-state index in [0.29, 0.717) is 54.9 Å². The topological polar surface area (TPSA) is 98.9 Å². The number of amides is 1. The lowest BCUT2D eigenvalue weighted by molar-refractivity contribution is 0.0670. The lowest BCUT2D eigenvalue weighted by Crippen LogP contribution is -2.40. The molecule has 5 rings (SSSR count). The molecule has 1 aromatic heterocycles. The zero-order valence-corrected chi connectivity index (χ0v) is 20.6. The minimum Gasteiger partial charge on any atom is -0.486 e. The maximum atomic E-state index is 13.6. The highest BCUT2D eigenvalue weighted by molar-refractivity contribution is 7.91. The molecule has 0 saturated carbocycles. The summed E-state index contributed by atoms with van der Waals surface area (Å²) in [6.07, 6.45) is 0.408. The van der Waals surface area contributed by atoms with Gasteiger partial charge in [0.1, 0.15) is 13.2 Å². The Hall–Kier alpha value is -3.33. The average Bonchev–Trinajstić information content (AvgIpc) is 3.49. The second-order valence-corrected chi connectivity index (χ2v) is 11.5. The van der Waals surface area contributed by atoms with Crippen molar-refractivity contribution in [3.8, 4) is 22.8 Å². The third-order valence-corrected chi connectivity index (χ3v) is 8.22. The van der Waals surface area contributed by atoms with Crippen LogP contribution in [0.1, 0.15) is 47.8 Å². The number of carbonyl (C=O) groups excluding carboxylic acids is 1. The van der Waals surface area contributed by atoms with Crippen LogP contribution >= 0.6 is 0 Å². The SMILES string of the molecule is CC(C)c1ccc(CN(C(=O)c2cc(-c3ccc4c(c3)OCCO4)on2)[C@@H]2CCS(=O)(=O)C2)cc1. The van der Waals surface area contributed by atoms with E-state index in [1.807, 2.05) is 30.3 Å². The van der Waals surface area contributed by atoms with Crippen molar-refractivity contribution in [2.24, 2.45) is 0 Å². The Morgan fingerprint density at radius 3 is 2.49 bits per heavy atom. The van der Waals surface area contributed by atoms with Crippen LogP contribution in [-0.4, -0.2) is 55.1 Å².